The summed E-state index contributed by atoms with van der Waals surface area (Å²) in [7, 11) is -3.07. The third-order valence-electron chi connectivity index (χ3n) is 3.70. The first-order valence-electron chi connectivity index (χ1n) is 6.64. The van der Waals surface area contributed by atoms with Crippen LogP contribution in [0.15, 0.2) is 11.4 Å². The zero-order valence-electron chi connectivity index (χ0n) is 11.7. The van der Waals surface area contributed by atoms with Crippen molar-refractivity contribution in [2.45, 2.75) is 38.8 Å². The monoisotopic (exact) mass is 302 g/mol. The molecule has 0 aromatic carbocycles. The van der Waals surface area contributed by atoms with E-state index in [-0.39, 0.29) is 12.1 Å². The molecule has 1 N–H and O–H groups in total. The molecule has 1 saturated heterocycles. The van der Waals surface area contributed by atoms with Gasteiger partial charge in [-0.3, -0.25) is 0 Å². The van der Waals surface area contributed by atoms with Gasteiger partial charge in [-0.1, -0.05) is 0 Å². The van der Waals surface area contributed by atoms with Crippen LogP contribution in [0, 0.1) is 6.92 Å². The van der Waals surface area contributed by atoms with Gasteiger partial charge in [-0.2, -0.15) is 4.31 Å². The van der Waals surface area contributed by atoms with Crippen molar-refractivity contribution < 1.29 is 8.42 Å². The summed E-state index contributed by atoms with van der Waals surface area (Å²) in [4.78, 5) is 1.34. The molecule has 0 saturated carbocycles. The number of thiophene rings is 1. The van der Waals surface area contributed by atoms with Crippen molar-refractivity contribution in [3.63, 3.8) is 0 Å². The molecular formula is C13H22N2O2S2. The first-order valence-corrected chi connectivity index (χ1v) is 9.36. The van der Waals surface area contributed by atoms with Gasteiger partial charge >= 0.3 is 0 Å². The molecule has 0 bridgehead atoms. The topological polar surface area (TPSA) is 49.4 Å². The van der Waals surface area contributed by atoms with Crippen LogP contribution in [0.3, 0.4) is 0 Å². The van der Waals surface area contributed by atoms with Crippen molar-refractivity contribution in [1.29, 1.82) is 0 Å². The van der Waals surface area contributed by atoms with Crippen molar-refractivity contribution >= 4 is 21.4 Å². The molecule has 2 heterocycles. The fourth-order valence-corrected chi connectivity index (χ4v) is 4.83. The third-order valence-corrected chi connectivity index (χ3v) is 6.24. The SMILES string of the molecule is Cc1ccsc1[C@@H](C)NC[C@H]1CCCN1S(C)(=O)=O. The lowest BCUT2D eigenvalue weighted by atomic mass is 10.1. The van der Waals surface area contributed by atoms with E-state index < -0.39 is 10.0 Å². The Morgan fingerprint density at radius 2 is 2.32 bits per heavy atom. The summed E-state index contributed by atoms with van der Waals surface area (Å²) in [6, 6.07) is 2.51. The quantitative estimate of drug-likeness (QED) is 0.906. The molecule has 4 nitrogen and oxygen atoms in total. The van der Waals surface area contributed by atoms with Gasteiger partial charge in [-0.05, 0) is 43.7 Å². The molecule has 1 fully saturated rings. The lowest BCUT2D eigenvalue weighted by Crippen LogP contribution is -2.41. The highest BCUT2D eigenvalue weighted by atomic mass is 32.2. The molecule has 19 heavy (non-hydrogen) atoms. The van der Waals surface area contributed by atoms with Crippen molar-refractivity contribution in [2.24, 2.45) is 0 Å². The maximum Gasteiger partial charge on any atom is 0.211 e. The third kappa shape index (κ3) is 3.56. The first kappa shape index (κ1) is 15.0. The predicted octanol–water partition coefficient (Wildman–Crippen LogP) is 2.13. The molecule has 0 unspecified atom stereocenters. The molecule has 0 radical (unpaired) electrons. The van der Waals surface area contributed by atoms with Crippen LogP contribution in [0.5, 0.6) is 0 Å². The van der Waals surface area contributed by atoms with Crippen LogP contribution < -0.4 is 5.32 Å². The van der Waals surface area contributed by atoms with Gasteiger partial charge in [0.05, 0.1) is 6.26 Å². The Balaban J connectivity index is 1.94. The fourth-order valence-electron chi connectivity index (χ4n) is 2.68. The Bertz CT molecular complexity index is 525. The van der Waals surface area contributed by atoms with E-state index in [0.29, 0.717) is 6.54 Å². The Hall–Kier alpha value is -0.430. The highest BCUT2D eigenvalue weighted by Crippen LogP contribution is 2.25. The summed E-state index contributed by atoms with van der Waals surface area (Å²) in [6.45, 7) is 5.64. The largest absolute Gasteiger partial charge is 0.308 e. The summed E-state index contributed by atoms with van der Waals surface area (Å²) in [5, 5.41) is 5.57. The number of rotatable bonds is 5. The molecule has 108 valence electrons. The van der Waals surface area contributed by atoms with Crippen LogP contribution >= 0.6 is 11.3 Å². The Kier molecular flexibility index (Phi) is 4.66. The molecule has 1 aromatic heterocycles. The Morgan fingerprint density at radius 3 is 2.89 bits per heavy atom. The summed E-state index contributed by atoms with van der Waals surface area (Å²) >= 11 is 1.75. The van der Waals surface area contributed by atoms with Crippen LogP contribution in [0.1, 0.15) is 36.2 Å². The van der Waals surface area contributed by atoms with E-state index in [9.17, 15) is 8.42 Å². The van der Waals surface area contributed by atoms with Gasteiger partial charge in [0, 0.05) is 30.1 Å². The van der Waals surface area contributed by atoms with E-state index >= 15 is 0 Å². The van der Waals surface area contributed by atoms with Gasteiger partial charge in [0.25, 0.3) is 0 Å². The molecule has 0 amide bonds. The maximum absolute atomic E-state index is 11.7. The van der Waals surface area contributed by atoms with Gasteiger partial charge in [-0.15, -0.1) is 11.3 Å². The number of nitrogens with zero attached hydrogens (tertiary/aromatic N) is 1. The molecule has 2 rings (SSSR count). The number of aryl methyl sites for hydroxylation is 1. The Morgan fingerprint density at radius 1 is 1.58 bits per heavy atom. The molecule has 1 aromatic rings. The normalized spacial score (nSPS) is 22.8. The lowest BCUT2D eigenvalue weighted by molar-refractivity contribution is 0.364. The number of nitrogens with one attached hydrogen (secondary N) is 1. The van der Waals surface area contributed by atoms with E-state index in [0.717, 1.165) is 19.4 Å². The maximum atomic E-state index is 11.7. The van der Waals surface area contributed by atoms with Crippen LogP contribution in [0.2, 0.25) is 0 Å². The van der Waals surface area contributed by atoms with Gasteiger partial charge in [0.2, 0.25) is 10.0 Å². The van der Waals surface area contributed by atoms with Crippen molar-refractivity contribution in [3.8, 4) is 0 Å². The molecule has 6 heteroatoms. The van der Waals surface area contributed by atoms with Crippen molar-refractivity contribution in [2.75, 3.05) is 19.3 Å². The second-order valence-electron chi connectivity index (χ2n) is 5.27. The summed E-state index contributed by atoms with van der Waals surface area (Å²) in [5.74, 6) is 0. The minimum Gasteiger partial charge on any atom is -0.308 e. The fraction of sp³-hybridized carbons (Fsp3) is 0.692. The van der Waals surface area contributed by atoms with E-state index in [1.165, 1.54) is 16.7 Å². The molecule has 1 aliphatic rings. The predicted molar refractivity (Wildman–Crippen MR) is 80.0 cm³/mol. The number of hydrogen-bond acceptors (Lipinski definition) is 4. The van der Waals surface area contributed by atoms with E-state index in [1.807, 2.05) is 0 Å². The average molecular weight is 302 g/mol. The molecule has 0 aliphatic carbocycles. The van der Waals surface area contributed by atoms with Crippen LogP contribution in [-0.4, -0.2) is 38.1 Å². The zero-order chi connectivity index (χ0) is 14.0. The minimum absolute atomic E-state index is 0.109. The highest BCUT2D eigenvalue weighted by Gasteiger charge is 2.31. The van der Waals surface area contributed by atoms with Crippen LogP contribution in [-0.2, 0) is 10.0 Å². The second kappa shape index (κ2) is 5.91. The standard InChI is InChI=1S/C13H22N2O2S2/c1-10-6-8-18-13(10)11(2)14-9-12-5-4-7-15(12)19(3,16)17/h6,8,11-12,14H,4-5,7,9H2,1-3H3/t11-,12-/m1/s1. The second-order valence-corrected chi connectivity index (χ2v) is 8.15. The molecule has 0 spiro atoms. The zero-order valence-corrected chi connectivity index (χ0v) is 13.4. The smallest absolute Gasteiger partial charge is 0.211 e. The molecular weight excluding hydrogens is 280 g/mol. The van der Waals surface area contributed by atoms with Crippen LogP contribution in [0.4, 0.5) is 0 Å². The Labute approximate surface area is 119 Å². The average Bonchev–Trinajstić information content (AvgIpc) is 2.93. The lowest BCUT2D eigenvalue weighted by Gasteiger charge is -2.24. The van der Waals surface area contributed by atoms with Gasteiger partial charge in [0.1, 0.15) is 0 Å². The molecule has 2 atom stereocenters. The molecule has 1 aliphatic heterocycles. The highest BCUT2D eigenvalue weighted by molar-refractivity contribution is 7.88. The van der Waals surface area contributed by atoms with Crippen molar-refractivity contribution in [1.82, 2.24) is 9.62 Å². The summed E-state index contributed by atoms with van der Waals surface area (Å²) < 4.78 is 25.0. The summed E-state index contributed by atoms with van der Waals surface area (Å²) in [5.41, 5.74) is 1.30. The number of hydrogen-bond donors (Lipinski definition) is 1. The first-order chi connectivity index (χ1) is 8.89. The van der Waals surface area contributed by atoms with Gasteiger partial charge < -0.3 is 5.32 Å². The van der Waals surface area contributed by atoms with Crippen LogP contribution in [0.25, 0.3) is 0 Å². The van der Waals surface area contributed by atoms with Crippen molar-refractivity contribution in [3.05, 3.63) is 21.9 Å². The van der Waals surface area contributed by atoms with E-state index in [2.05, 4.69) is 30.6 Å². The summed E-state index contributed by atoms with van der Waals surface area (Å²) in [6.07, 6.45) is 3.22. The van der Waals surface area contributed by atoms with Gasteiger partial charge in [0.15, 0.2) is 0 Å². The van der Waals surface area contributed by atoms with Gasteiger partial charge in [-0.25, -0.2) is 8.42 Å². The van der Waals surface area contributed by atoms with E-state index in [4.69, 9.17) is 0 Å². The van der Waals surface area contributed by atoms with E-state index in [1.54, 1.807) is 15.6 Å². The minimum atomic E-state index is -3.07. The number of sulfonamides is 1.